The molecule has 3 rings (SSSR count). The number of ether oxygens (including phenoxy) is 1. The Bertz CT molecular complexity index is 1010. The Kier molecular flexibility index (Phi) is 6.24. The van der Waals surface area contributed by atoms with E-state index in [0.717, 1.165) is 22.5 Å². The first-order chi connectivity index (χ1) is 14.0. The smallest absolute Gasteiger partial charge is 0.338 e. The third-order valence-corrected chi connectivity index (χ3v) is 4.40. The van der Waals surface area contributed by atoms with E-state index in [2.05, 4.69) is 15.6 Å². The van der Waals surface area contributed by atoms with Crippen molar-refractivity contribution >= 4 is 28.9 Å². The first-order valence-electron chi connectivity index (χ1n) is 9.34. The van der Waals surface area contributed by atoms with Crippen LogP contribution in [0.2, 0.25) is 0 Å². The fourth-order valence-electron chi connectivity index (χ4n) is 2.90. The van der Waals surface area contributed by atoms with Crippen molar-refractivity contribution in [2.45, 2.75) is 20.8 Å². The molecule has 1 aromatic heterocycles. The van der Waals surface area contributed by atoms with Crippen LogP contribution in [0.15, 0.2) is 60.9 Å². The Morgan fingerprint density at radius 2 is 1.62 bits per heavy atom. The van der Waals surface area contributed by atoms with Crippen molar-refractivity contribution in [1.29, 1.82) is 0 Å². The van der Waals surface area contributed by atoms with Gasteiger partial charge in [0.1, 0.15) is 0 Å². The molecule has 6 nitrogen and oxygen atoms in total. The zero-order valence-corrected chi connectivity index (χ0v) is 16.7. The molecule has 29 heavy (non-hydrogen) atoms. The fraction of sp³-hybridized carbons (Fsp3) is 0.174. The minimum Gasteiger partial charge on any atom is -0.462 e. The first-order valence-corrected chi connectivity index (χ1v) is 9.34. The van der Waals surface area contributed by atoms with Gasteiger partial charge >= 0.3 is 5.97 Å². The number of nitrogens with one attached hydrogen (secondary N) is 2. The van der Waals surface area contributed by atoms with Gasteiger partial charge in [-0.25, -0.2) is 4.79 Å². The zero-order chi connectivity index (χ0) is 20.8. The molecule has 3 aromatic rings. The maximum absolute atomic E-state index is 12.6. The van der Waals surface area contributed by atoms with Gasteiger partial charge in [-0.3, -0.25) is 9.78 Å². The molecule has 0 aliphatic carbocycles. The maximum Gasteiger partial charge on any atom is 0.338 e. The van der Waals surface area contributed by atoms with Crippen LogP contribution in [0.4, 0.5) is 17.1 Å². The molecule has 1 heterocycles. The van der Waals surface area contributed by atoms with Crippen LogP contribution < -0.4 is 10.6 Å². The number of pyridine rings is 1. The Labute approximate surface area is 169 Å². The Hall–Kier alpha value is -3.67. The molecule has 0 fully saturated rings. The van der Waals surface area contributed by atoms with Crippen LogP contribution in [-0.2, 0) is 4.74 Å². The average Bonchev–Trinajstić information content (AvgIpc) is 2.72. The van der Waals surface area contributed by atoms with Gasteiger partial charge in [-0.1, -0.05) is 18.2 Å². The summed E-state index contributed by atoms with van der Waals surface area (Å²) in [7, 11) is 0. The Morgan fingerprint density at radius 1 is 0.931 bits per heavy atom. The largest absolute Gasteiger partial charge is 0.462 e. The normalized spacial score (nSPS) is 10.3. The molecule has 0 aliphatic rings. The highest BCUT2D eigenvalue weighted by atomic mass is 16.5. The van der Waals surface area contributed by atoms with Gasteiger partial charge in [0.05, 0.1) is 29.6 Å². The van der Waals surface area contributed by atoms with Gasteiger partial charge in [-0.2, -0.15) is 0 Å². The molecule has 0 unspecified atom stereocenters. The van der Waals surface area contributed by atoms with Crippen LogP contribution in [-0.4, -0.2) is 23.5 Å². The Balaban J connectivity index is 1.72. The lowest BCUT2D eigenvalue weighted by molar-refractivity contribution is 0.0526. The van der Waals surface area contributed by atoms with Gasteiger partial charge in [0.2, 0.25) is 0 Å². The number of nitrogens with zero attached hydrogens (tertiary/aromatic N) is 1. The highest BCUT2D eigenvalue weighted by Gasteiger charge is 2.11. The van der Waals surface area contributed by atoms with Crippen molar-refractivity contribution < 1.29 is 14.3 Å². The number of hydrogen-bond acceptors (Lipinski definition) is 5. The highest BCUT2D eigenvalue weighted by molar-refractivity contribution is 6.04. The number of rotatable bonds is 6. The number of carbonyl (C=O) groups excluding carboxylic acids is 2. The molecule has 0 aliphatic heterocycles. The molecule has 1 amide bonds. The van der Waals surface area contributed by atoms with E-state index in [4.69, 9.17) is 4.74 Å². The summed E-state index contributed by atoms with van der Waals surface area (Å²) in [6.45, 7) is 6.12. The van der Waals surface area contributed by atoms with Crippen molar-refractivity contribution in [3.63, 3.8) is 0 Å². The maximum atomic E-state index is 12.6. The lowest BCUT2D eigenvalue weighted by Crippen LogP contribution is -2.13. The minimum absolute atomic E-state index is 0.286. The molecule has 148 valence electrons. The average molecular weight is 389 g/mol. The lowest BCUT2D eigenvalue weighted by Gasteiger charge is -2.13. The number of benzene rings is 2. The first kappa shape index (κ1) is 20.1. The SMILES string of the molecule is CCOC(=O)c1ccc(NC(=O)c2cncc(Nc3c(C)cccc3C)c2)cc1. The van der Waals surface area contributed by atoms with Crippen LogP contribution in [0.3, 0.4) is 0 Å². The summed E-state index contributed by atoms with van der Waals surface area (Å²) in [6.07, 6.45) is 3.19. The van der Waals surface area contributed by atoms with Crippen LogP contribution in [0.5, 0.6) is 0 Å². The number of para-hydroxylation sites is 1. The van der Waals surface area contributed by atoms with Gasteiger partial charge in [0, 0.05) is 17.6 Å². The fourth-order valence-corrected chi connectivity index (χ4v) is 2.90. The standard InChI is InChI=1S/C23H23N3O3/c1-4-29-23(28)17-8-10-19(11-9-17)26-22(27)18-12-20(14-24-13-18)25-21-15(2)6-5-7-16(21)3/h5-14,25H,4H2,1-3H3,(H,26,27). The van der Waals surface area contributed by atoms with Crippen LogP contribution in [0, 0.1) is 13.8 Å². The van der Waals surface area contributed by atoms with Crippen LogP contribution in [0.25, 0.3) is 0 Å². The molecule has 0 saturated carbocycles. The van der Waals surface area contributed by atoms with Crippen molar-refractivity contribution in [2.24, 2.45) is 0 Å². The van der Waals surface area contributed by atoms with Gasteiger partial charge in [0.15, 0.2) is 0 Å². The third-order valence-electron chi connectivity index (χ3n) is 4.40. The van der Waals surface area contributed by atoms with Gasteiger partial charge < -0.3 is 15.4 Å². The summed E-state index contributed by atoms with van der Waals surface area (Å²) in [4.78, 5) is 28.5. The Morgan fingerprint density at radius 3 is 2.28 bits per heavy atom. The van der Waals surface area contributed by atoms with E-state index in [0.29, 0.717) is 23.4 Å². The molecular formula is C23H23N3O3. The summed E-state index contributed by atoms with van der Waals surface area (Å²) in [5.41, 5.74) is 5.40. The van der Waals surface area contributed by atoms with E-state index in [-0.39, 0.29) is 11.9 Å². The highest BCUT2D eigenvalue weighted by Crippen LogP contribution is 2.24. The van der Waals surface area contributed by atoms with E-state index in [1.54, 1.807) is 43.5 Å². The van der Waals surface area contributed by atoms with Crippen molar-refractivity contribution in [3.8, 4) is 0 Å². The predicted molar refractivity (Wildman–Crippen MR) is 114 cm³/mol. The van der Waals surface area contributed by atoms with E-state index >= 15 is 0 Å². The van der Waals surface area contributed by atoms with Gasteiger partial charge in [-0.05, 0) is 62.2 Å². The summed E-state index contributed by atoms with van der Waals surface area (Å²) >= 11 is 0. The lowest BCUT2D eigenvalue weighted by atomic mass is 10.1. The van der Waals surface area contributed by atoms with Crippen molar-refractivity contribution in [1.82, 2.24) is 4.98 Å². The molecule has 0 atom stereocenters. The van der Waals surface area contributed by atoms with E-state index in [1.807, 2.05) is 32.0 Å². The molecule has 6 heteroatoms. The molecule has 0 spiro atoms. The summed E-state index contributed by atoms with van der Waals surface area (Å²) in [6, 6.07) is 14.4. The summed E-state index contributed by atoms with van der Waals surface area (Å²) in [5, 5.41) is 6.15. The van der Waals surface area contributed by atoms with Gasteiger partial charge in [0.25, 0.3) is 5.91 Å². The number of aromatic nitrogens is 1. The molecule has 0 bridgehead atoms. The predicted octanol–water partition coefficient (Wildman–Crippen LogP) is 4.87. The zero-order valence-electron chi connectivity index (χ0n) is 16.7. The third kappa shape index (κ3) is 4.99. The molecule has 0 saturated heterocycles. The minimum atomic E-state index is -0.389. The van der Waals surface area contributed by atoms with Gasteiger partial charge in [-0.15, -0.1) is 0 Å². The van der Waals surface area contributed by atoms with E-state index < -0.39 is 0 Å². The second-order valence-electron chi connectivity index (χ2n) is 6.61. The van der Waals surface area contributed by atoms with E-state index in [1.165, 1.54) is 6.20 Å². The van der Waals surface area contributed by atoms with E-state index in [9.17, 15) is 9.59 Å². The molecule has 0 radical (unpaired) electrons. The monoisotopic (exact) mass is 389 g/mol. The van der Waals surface area contributed by atoms with Crippen molar-refractivity contribution in [2.75, 3.05) is 17.2 Å². The topological polar surface area (TPSA) is 80.3 Å². The van der Waals surface area contributed by atoms with Crippen molar-refractivity contribution in [3.05, 3.63) is 83.2 Å². The number of aryl methyl sites for hydroxylation is 2. The second-order valence-corrected chi connectivity index (χ2v) is 6.61. The number of carbonyl (C=O) groups is 2. The summed E-state index contributed by atoms with van der Waals surface area (Å²) in [5.74, 6) is -0.675. The number of amides is 1. The molecule has 2 aromatic carbocycles. The summed E-state index contributed by atoms with van der Waals surface area (Å²) < 4.78 is 4.96. The number of anilines is 3. The second kappa shape index (κ2) is 9.01. The van der Waals surface area contributed by atoms with Crippen LogP contribution in [0.1, 0.15) is 38.8 Å². The number of esters is 1. The van der Waals surface area contributed by atoms with Crippen LogP contribution >= 0.6 is 0 Å². The number of hydrogen-bond donors (Lipinski definition) is 2. The molecule has 2 N–H and O–H groups in total. The molecular weight excluding hydrogens is 366 g/mol. The quantitative estimate of drug-likeness (QED) is 0.588.